The molecule has 0 saturated heterocycles. The predicted molar refractivity (Wildman–Crippen MR) is 81.5 cm³/mol. The zero-order valence-electron chi connectivity index (χ0n) is 12.0. The Labute approximate surface area is 136 Å². The molecule has 0 heterocycles. The molecule has 5 heteroatoms. The molecular formula is C16H18Cl2NO2-. The first kappa shape index (κ1) is 17.6. The van der Waals surface area contributed by atoms with Crippen LogP contribution in [0.5, 0.6) is 11.5 Å². The van der Waals surface area contributed by atoms with E-state index in [0.717, 1.165) is 34.2 Å². The first-order valence-electron chi connectivity index (χ1n) is 6.41. The zero-order chi connectivity index (χ0) is 14.4. The summed E-state index contributed by atoms with van der Waals surface area (Å²) in [6, 6.07) is 13.5. The van der Waals surface area contributed by atoms with Gasteiger partial charge in [-0.05, 0) is 42.4 Å². The summed E-state index contributed by atoms with van der Waals surface area (Å²) in [6.07, 6.45) is 0. The maximum absolute atomic E-state index is 5.86. The summed E-state index contributed by atoms with van der Waals surface area (Å²) in [7, 11) is 3.56. The van der Waals surface area contributed by atoms with E-state index in [0.29, 0.717) is 6.61 Å². The van der Waals surface area contributed by atoms with E-state index in [9.17, 15) is 0 Å². The zero-order valence-corrected chi connectivity index (χ0v) is 13.5. The van der Waals surface area contributed by atoms with E-state index < -0.39 is 0 Å². The largest absolute Gasteiger partial charge is 1.00 e. The van der Waals surface area contributed by atoms with Crippen molar-refractivity contribution in [1.29, 1.82) is 0 Å². The van der Waals surface area contributed by atoms with Gasteiger partial charge in [-0.2, -0.15) is 0 Å². The molecule has 0 radical (unpaired) electrons. The molecule has 2 aromatic carbocycles. The number of halogens is 2. The van der Waals surface area contributed by atoms with Crippen LogP contribution in [0.25, 0.3) is 0 Å². The fourth-order valence-electron chi connectivity index (χ4n) is 1.89. The van der Waals surface area contributed by atoms with Crippen molar-refractivity contribution in [3.8, 4) is 11.5 Å². The number of hydrogen-bond donors (Lipinski definition) is 1. The van der Waals surface area contributed by atoms with Gasteiger partial charge >= 0.3 is 0 Å². The Kier molecular flexibility index (Phi) is 7.37. The van der Waals surface area contributed by atoms with Gasteiger partial charge in [-0.3, -0.25) is 0 Å². The fourth-order valence-corrected chi connectivity index (χ4v) is 2.01. The quantitative estimate of drug-likeness (QED) is 0.845. The highest BCUT2D eigenvalue weighted by molar-refractivity contribution is 6.30. The third kappa shape index (κ3) is 5.12. The number of benzene rings is 2. The van der Waals surface area contributed by atoms with Crippen molar-refractivity contribution in [2.75, 3.05) is 14.2 Å². The summed E-state index contributed by atoms with van der Waals surface area (Å²) >= 11 is 5.86. The monoisotopic (exact) mass is 326 g/mol. The van der Waals surface area contributed by atoms with Crippen LogP contribution in [0.3, 0.4) is 0 Å². The van der Waals surface area contributed by atoms with Gasteiger partial charge in [0.1, 0.15) is 6.61 Å². The van der Waals surface area contributed by atoms with Crippen molar-refractivity contribution >= 4 is 11.6 Å². The summed E-state index contributed by atoms with van der Waals surface area (Å²) in [5.74, 6) is 1.48. The lowest BCUT2D eigenvalue weighted by molar-refractivity contribution is -0.00000460. The number of ether oxygens (including phenoxy) is 2. The first-order valence-corrected chi connectivity index (χ1v) is 6.79. The fraction of sp³-hybridized carbons (Fsp3) is 0.250. The third-order valence-corrected chi connectivity index (χ3v) is 3.17. The Bertz CT molecular complexity index is 559. The van der Waals surface area contributed by atoms with Crippen LogP contribution in [0.4, 0.5) is 0 Å². The minimum atomic E-state index is 0. The summed E-state index contributed by atoms with van der Waals surface area (Å²) < 4.78 is 11.2. The molecule has 2 aromatic rings. The molecular weight excluding hydrogens is 309 g/mol. The maximum Gasteiger partial charge on any atom is 0.161 e. The number of hydrogen-bond acceptors (Lipinski definition) is 3. The summed E-state index contributed by atoms with van der Waals surface area (Å²) in [4.78, 5) is 0. The molecule has 0 saturated carbocycles. The Hall–Kier alpha value is -1.42. The van der Waals surface area contributed by atoms with Crippen molar-refractivity contribution < 1.29 is 21.9 Å². The Morgan fingerprint density at radius 1 is 1.00 bits per heavy atom. The van der Waals surface area contributed by atoms with Gasteiger partial charge in [-0.25, -0.2) is 0 Å². The second kappa shape index (κ2) is 8.78. The lowest BCUT2D eigenvalue weighted by Gasteiger charge is -2.12. The van der Waals surface area contributed by atoms with E-state index in [1.54, 1.807) is 7.11 Å². The summed E-state index contributed by atoms with van der Waals surface area (Å²) in [5, 5.41) is 3.83. The van der Waals surface area contributed by atoms with Crippen molar-refractivity contribution in [2.24, 2.45) is 0 Å². The molecule has 114 valence electrons. The van der Waals surface area contributed by atoms with Gasteiger partial charge in [-0.1, -0.05) is 29.8 Å². The lowest BCUT2D eigenvalue weighted by Crippen LogP contribution is -3.00. The second-order valence-electron chi connectivity index (χ2n) is 4.43. The molecule has 0 aliphatic carbocycles. The minimum Gasteiger partial charge on any atom is -1.00 e. The lowest BCUT2D eigenvalue weighted by atomic mass is 10.2. The molecule has 0 aromatic heterocycles. The topological polar surface area (TPSA) is 30.5 Å². The highest BCUT2D eigenvalue weighted by atomic mass is 35.5. The average Bonchev–Trinajstić information content (AvgIpc) is 2.47. The van der Waals surface area contributed by atoms with Crippen molar-refractivity contribution in [1.82, 2.24) is 5.32 Å². The van der Waals surface area contributed by atoms with E-state index in [2.05, 4.69) is 5.32 Å². The van der Waals surface area contributed by atoms with E-state index in [1.807, 2.05) is 49.5 Å². The van der Waals surface area contributed by atoms with Gasteiger partial charge in [0, 0.05) is 11.6 Å². The van der Waals surface area contributed by atoms with Gasteiger partial charge in [-0.15, -0.1) is 0 Å². The van der Waals surface area contributed by atoms with Crippen molar-refractivity contribution in [2.45, 2.75) is 13.2 Å². The van der Waals surface area contributed by atoms with Crippen LogP contribution in [0.2, 0.25) is 5.02 Å². The van der Waals surface area contributed by atoms with Gasteiger partial charge < -0.3 is 27.2 Å². The van der Waals surface area contributed by atoms with Gasteiger partial charge in [0.2, 0.25) is 0 Å². The molecule has 0 spiro atoms. The van der Waals surface area contributed by atoms with Gasteiger partial charge in [0.15, 0.2) is 11.5 Å². The molecule has 0 unspecified atom stereocenters. The number of nitrogens with one attached hydrogen (secondary N) is 1. The third-order valence-electron chi connectivity index (χ3n) is 2.92. The molecule has 21 heavy (non-hydrogen) atoms. The molecule has 3 nitrogen and oxygen atoms in total. The normalized spacial score (nSPS) is 9.86. The van der Waals surface area contributed by atoms with Crippen molar-refractivity contribution in [3.63, 3.8) is 0 Å². The van der Waals surface area contributed by atoms with E-state index in [4.69, 9.17) is 21.1 Å². The van der Waals surface area contributed by atoms with Crippen LogP contribution in [0.15, 0.2) is 42.5 Å². The van der Waals surface area contributed by atoms with Crippen LogP contribution < -0.4 is 27.2 Å². The standard InChI is InChI=1S/C16H18ClNO2.ClH/c1-18-10-13-5-8-15(16(9-13)19-2)20-11-12-3-6-14(17)7-4-12;/h3-9,18H,10-11H2,1-2H3;1H/p-1. The highest BCUT2D eigenvalue weighted by Crippen LogP contribution is 2.28. The summed E-state index contributed by atoms with van der Waals surface area (Å²) in [5.41, 5.74) is 2.22. The minimum absolute atomic E-state index is 0. The van der Waals surface area contributed by atoms with Crippen LogP contribution in [0.1, 0.15) is 11.1 Å². The maximum atomic E-state index is 5.86. The molecule has 0 aliphatic rings. The molecule has 1 N–H and O–H groups in total. The van der Waals surface area contributed by atoms with Crippen LogP contribution in [-0.2, 0) is 13.2 Å². The van der Waals surface area contributed by atoms with E-state index in [-0.39, 0.29) is 12.4 Å². The molecule has 0 atom stereocenters. The Morgan fingerprint density at radius 3 is 2.29 bits per heavy atom. The van der Waals surface area contributed by atoms with Gasteiger partial charge in [0.05, 0.1) is 7.11 Å². The number of methoxy groups -OCH3 is 1. The highest BCUT2D eigenvalue weighted by Gasteiger charge is 2.06. The number of rotatable bonds is 6. The SMILES string of the molecule is CNCc1ccc(OCc2ccc(Cl)cc2)c(OC)c1.[Cl-]. The second-order valence-corrected chi connectivity index (χ2v) is 4.87. The van der Waals surface area contributed by atoms with Crippen LogP contribution in [-0.4, -0.2) is 14.2 Å². The Balaban J connectivity index is 0.00000220. The molecule has 0 aliphatic heterocycles. The first-order chi connectivity index (χ1) is 9.72. The molecule has 0 bridgehead atoms. The van der Waals surface area contributed by atoms with Crippen molar-refractivity contribution in [3.05, 3.63) is 58.6 Å². The van der Waals surface area contributed by atoms with E-state index in [1.165, 1.54) is 0 Å². The average molecular weight is 327 g/mol. The van der Waals surface area contributed by atoms with Crippen LogP contribution >= 0.6 is 11.6 Å². The molecule has 0 fully saturated rings. The smallest absolute Gasteiger partial charge is 0.161 e. The Morgan fingerprint density at radius 2 is 1.67 bits per heavy atom. The summed E-state index contributed by atoms with van der Waals surface area (Å²) in [6.45, 7) is 1.28. The van der Waals surface area contributed by atoms with E-state index >= 15 is 0 Å². The molecule has 0 amide bonds. The predicted octanol–water partition coefficient (Wildman–Crippen LogP) is 0.651. The van der Waals surface area contributed by atoms with Crippen LogP contribution in [0, 0.1) is 0 Å². The molecule has 2 rings (SSSR count). The van der Waals surface area contributed by atoms with Gasteiger partial charge in [0.25, 0.3) is 0 Å².